The normalized spacial score (nSPS) is 48.8. The summed E-state index contributed by atoms with van der Waals surface area (Å²) < 4.78 is 5.56. The Hall–Kier alpha value is -1.38. The maximum absolute atomic E-state index is 5.56. The van der Waals surface area contributed by atoms with Gasteiger partial charge < -0.3 is 15.4 Å². The van der Waals surface area contributed by atoms with E-state index in [1.54, 1.807) is 6.26 Å². The first-order valence-corrected chi connectivity index (χ1v) is 7.63. The first kappa shape index (κ1) is 10.4. The molecular formula is C16H20N2O. The molecule has 1 spiro atoms. The largest absolute Gasteiger partial charge is 0.461 e. The van der Waals surface area contributed by atoms with Crippen molar-refractivity contribution in [3.05, 3.63) is 36.1 Å². The molecule has 4 fully saturated rings. The minimum absolute atomic E-state index is 0.108. The highest BCUT2D eigenvalue weighted by Crippen LogP contribution is 2.58. The Kier molecular flexibility index (Phi) is 1.85. The fourth-order valence-corrected chi connectivity index (χ4v) is 5.42. The zero-order chi connectivity index (χ0) is 12.4. The minimum atomic E-state index is 0.108. The van der Waals surface area contributed by atoms with Crippen LogP contribution in [0, 0.1) is 23.7 Å². The van der Waals surface area contributed by atoms with Gasteiger partial charge in [0.05, 0.1) is 12.0 Å². The van der Waals surface area contributed by atoms with Gasteiger partial charge in [0.2, 0.25) is 0 Å². The molecule has 4 bridgehead atoms. The zero-order valence-electron chi connectivity index (χ0n) is 11.1. The van der Waals surface area contributed by atoms with E-state index in [0.29, 0.717) is 0 Å². The molecule has 0 radical (unpaired) electrons. The second-order valence-electron chi connectivity index (χ2n) is 6.98. The van der Waals surface area contributed by atoms with Crippen molar-refractivity contribution in [2.45, 2.75) is 37.8 Å². The molecule has 4 aliphatic carbocycles. The second kappa shape index (κ2) is 3.38. The summed E-state index contributed by atoms with van der Waals surface area (Å²) in [6.45, 7) is 0. The molecule has 0 amide bonds. The van der Waals surface area contributed by atoms with Crippen LogP contribution in [-0.4, -0.2) is 5.66 Å². The Balaban J connectivity index is 1.55. The van der Waals surface area contributed by atoms with Crippen molar-refractivity contribution in [2.75, 3.05) is 0 Å². The Morgan fingerprint density at radius 1 is 1.05 bits per heavy atom. The van der Waals surface area contributed by atoms with Gasteiger partial charge in [-0.1, -0.05) is 0 Å². The van der Waals surface area contributed by atoms with Crippen LogP contribution >= 0.6 is 0 Å². The summed E-state index contributed by atoms with van der Waals surface area (Å²) in [6.07, 6.45) is 15.1. The van der Waals surface area contributed by atoms with E-state index in [-0.39, 0.29) is 5.66 Å². The lowest BCUT2D eigenvalue weighted by atomic mass is 9.51. The van der Waals surface area contributed by atoms with Crippen LogP contribution in [0.1, 0.15) is 32.1 Å². The third-order valence-electron chi connectivity index (χ3n) is 6.01. The fraction of sp³-hybridized carbons (Fsp3) is 0.625. The standard InChI is InChI=1S/C16H20N2O/c1-2-14-15(19-3-1)9-17-16(18-14)12-5-10-4-11(7-12)8-13(16)6-10/h1-3,9-13,17-18H,4-8H2. The van der Waals surface area contributed by atoms with Crippen LogP contribution in [0.25, 0.3) is 0 Å². The van der Waals surface area contributed by atoms with Gasteiger partial charge in [-0.05, 0) is 56.1 Å². The first-order chi connectivity index (χ1) is 9.33. The van der Waals surface area contributed by atoms with E-state index in [2.05, 4.69) is 22.9 Å². The summed E-state index contributed by atoms with van der Waals surface area (Å²) in [6, 6.07) is 0. The topological polar surface area (TPSA) is 33.3 Å². The van der Waals surface area contributed by atoms with Crippen LogP contribution in [0.2, 0.25) is 0 Å². The van der Waals surface area contributed by atoms with Gasteiger partial charge in [0, 0.05) is 18.0 Å². The Labute approximate surface area is 113 Å². The summed E-state index contributed by atoms with van der Waals surface area (Å²) in [5, 5.41) is 7.52. The Morgan fingerprint density at radius 2 is 1.79 bits per heavy atom. The second-order valence-corrected chi connectivity index (χ2v) is 6.98. The maximum Gasteiger partial charge on any atom is 0.165 e. The number of hydrogen-bond donors (Lipinski definition) is 2. The first-order valence-electron chi connectivity index (χ1n) is 7.63. The van der Waals surface area contributed by atoms with Crippen LogP contribution in [0.5, 0.6) is 0 Å². The molecule has 3 heteroatoms. The lowest BCUT2D eigenvalue weighted by Gasteiger charge is -2.62. The summed E-state index contributed by atoms with van der Waals surface area (Å²) in [7, 11) is 0. The quantitative estimate of drug-likeness (QED) is 0.699. The molecule has 4 saturated carbocycles. The maximum atomic E-state index is 5.56. The summed E-state index contributed by atoms with van der Waals surface area (Å²) >= 11 is 0. The molecule has 0 atom stereocenters. The minimum Gasteiger partial charge on any atom is -0.461 e. The van der Waals surface area contributed by atoms with Crippen LogP contribution in [0.3, 0.4) is 0 Å². The van der Waals surface area contributed by atoms with E-state index in [0.717, 1.165) is 35.1 Å². The number of rotatable bonds is 0. The molecule has 2 aliphatic heterocycles. The molecule has 0 aromatic carbocycles. The van der Waals surface area contributed by atoms with Crippen molar-refractivity contribution in [3.63, 3.8) is 0 Å². The van der Waals surface area contributed by atoms with Crippen LogP contribution in [0.15, 0.2) is 36.1 Å². The van der Waals surface area contributed by atoms with Gasteiger partial charge in [0.25, 0.3) is 0 Å². The molecule has 0 aromatic heterocycles. The number of ether oxygens (including phenoxy) is 1. The number of allylic oxidation sites excluding steroid dienone is 2. The predicted molar refractivity (Wildman–Crippen MR) is 72.4 cm³/mol. The highest BCUT2D eigenvalue weighted by Gasteiger charge is 2.58. The van der Waals surface area contributed by atoms with Crippen molar-refractivity contribution in [2.24, 2.45) is 23.7 Å². The molecule has 6 rings (SSSR count). The number of fused-ring (bicyclic) bond motifs is 1. The van der Waals surface area contributed by atoms with E-state index in [9.17, 15) is 0 Å². The smallest absolute Gasteiger partial charge is 0.165 e. The van der Waals surface area contributed by atoms with Gasteiger partial charge >= 0.3 is 0 Å². The van der Waals surface area contributed by atoms with Gasteiger partial charge in [0.15, 0.2) is 5.76 Å². The Morgan fingerprint density at radius 3 is 2.53 bits per heavy atom. The molecule has 2 heterocycles. The van der Waals surface area contributed by atoms with Gasteiger partial charge in [-0.3, -0.25) is 0 Å². The average Bonchev–Trinajstić information content (AvgIpc) is 2.44. The van der Waals surface area contributed by atoms with E-state index in [4.69, 9.17) is 4.74 Å². The fourth-order valence-electron chi connectivity index (χ4n) is 5.42. The van der Waals surface area contributed by atoms with Crippen molar-refractivity contribution in [3.8, 4) is 0 Å². The van der Waals surface area contributed by atoms with E-state index in [1.165, 1.54) is 32.1 Å². The third kappa shape index (κ3) is 1.28. The zero-order valence-corrected chi connectivity index (χ0v) is 11.1. The summed E-state index contributed by atoms with van der Waals surface area (Å²) in [5.74, 6) is 4.50. The summed E-state index contributed by atoms with van der Waals surface area (Å²) in [5.41, 5.74) is 1.27. The number of nitrogens with one attached hydrogen (secondary N) is 2. The lowest BCUT2D eigenvalue weighted by Crippen LogP contribution is -2.72. The van der Waals surface area contributed by atoms with Crippen molar-refractivity contribution >= 4 is 0 Å². The van der Waals surface area contributed by atoms with Gasteiger partial charge in [-0.15, -0.1) is 0 Å². The predicted octanol–water partition coefficient (Wildman–Crippen LogP) is 2.60. The van der Waals surface area contributed by atoms with E-state index >= 15 is 0 Å². The third-order valence-corrected chi connectivity index (χ3v) is 6.01. The molecular weight excluding hydrogens is 236 g/mol. The van der Waals surface area contributed by atoms with Crippen molar-refractivity contribution in [1.29, 1.82) is 0 Å². The molecule has 2 N–H and O–H groups in total. The molecule has 0 unspecified atom stereocenters. The van der Waals surface area contributed by atoms with E-state index in [1.807, 2.05) is 6.08 Å². The highest BCUT2D eigenvalue weighted by molar-refractivity contribution is 5.36. The Bertz CT molecular complexity index is 489. The van der Waals surface area contributed by atoms with Crippen LogP contribution in [0.4, 0.5) is 0 Å². The van der Waals surface area contributed by atoms with E-state index < -0.39 is 0 Å². The van der Waals surface area contributed by atoms with Gasteiger partial charge in [0.1, 0.15) is 5.66 Å². The van der Waals surface area contributed by atoms with Crippen molar-refractivity contribution < 1.29 is 4.74 Å². The average molecular weight is 256 g/mol. The molecule has 100 valence electrons. The molecule has 0 aromatic rings. The lowest BCUT2D eigenvalue weighted by molar-refractivity contribution is -0.0829. The summed E-state index contributed by atoms with van der Waals surface area (Å²) in [4.78, 5) is 0. The molecule has 3 nitrogen and oxygen atoms in total. The van der Waals surface area contributed by atoms with Gasteiger partial charge in [-0.2, -0.15) is 0 Å². The molecule has 6 aliphatic rings. The number of hydrogen-bond acceptors (Lipinski definition) is 3. The van der Waals surface area contributed by atoms with Gasteiger partial charge in [-0.25, -0.2) is 0 Å². The van der Waals surface area contributed by atoms with Crippen LogP contribution in [-0.2, 0) is 4.74 Å². The molecule has 19 heavy (non-hydrogen) atoms. The SMILES string of the molecule is C1=COC2=CNC3(NC2=C1)C1CC2CC(C1)CC3C2. The monoisotopic (exact) mass is 256 g/mol. The van der Waals surface area contributed by atoms with Crippen LogP contribution < -0.4 is 10.6 Å². The van der Waals surface area contributed by atoms with Crippen molar-refractivity contribution in [1.82, 2.24) is 10.6 Å². The molecule has 0 saturated heterocycles. The highest BCUT2D eigenvalue weighted by atomic mass is 16.5.